The van der Waals surface area contributed by atoms with Crippen LogP contribution < -0.4 is 9.47 Å². The van der Waals surface area contributed by atoms with Crippen molar-refractivity contribution in [3.05, 3.63) is 60.9 Å². The molecule has 0 amide bonds. The molecule has 0 saturated heterocycles. The predicted molar refractivity (Wildman–Crippen MR) is 160 cm³/mol. The van der Waals surface area contributed by atoms with Crippen molar-refractivity contribution in [3.8, 4) is 34.0 Å². The maximum atomic E-state index is 13.8. The summed E-state index contributed by atoms with van der Waals surface area (Å²) in [6.45, 7) is 5.19. The molecule has 0 bridgehead atoms. The van der Waals surface area contributed by atoms with Crippen LogP contribution in [0.3, 0.4) is 0 Å². The van der Waals surface area contributed by atoms with Crippen molar-refractivity contribution in [2.75, 3.05) is 13.2 Å². The second-order valence-electron chi connectivity index (χ2n) is 10.4. The zero-order valence-corrected chi connectivity index (χ0v) is 24.0. The highest BCUT2D eigenvalue weighted by Crippen LogP contribution is 2.24. The number of halogens is 1. The second-order valence-corrected chi connectivity index (χ2v) is 10.4. The molecule has 1 heterocycles. The molecule has 5 heteroatoms. The zero-order valence-electron chi connectivity index (χ0n) is 24.0. The summed E-state index contributed by atoms with van der Waals surface area (Å²) >= 11 is 0. The van der Waals surface area contributed by atoms with Gasteiger partial charge in [-0.25, -0.2) is 14.4 Å². The quantitative estimate of drug-likeness (QED) is 0.135. The fourth-order valence-corrected chi connectivity index (χ4v) is 4.55. The topological polar surface area (TPSA) is 44.2 Å². The van der Waals surface area contributed by atoms with E-state index in [-0.39, 0.29) is 6.61 Å². The number of nitrogens with zero attached hydrogens (tertiary/aromatic N) is 2. The predicted octanol–water partition coefficient (Wildman–Crippen LogP) is 10.0. The molecule has 0 fully saturated rings. The molecule has 0 aliphatic carbocycles. The Bertz CT molecular complexity index is 1020. The first-order valence-electron chi connectivity index (χ1n) is 15.1. The number of ether oxygens (including phenoxy) is 2. The zero-order chi connectivity index (χ0) is 27.5. The van der Waals surface area contributed by atoms with Crippen molar-refractivity contribution in [1.29, 1.82) is 0 Å². The molecule has 212 valence electrons. The molecule has 3 aromatic rings. The van der Waals surface area contributed by atoms with E-state index in [0.29, 0.717) is 18.0 Å². The maximum absolute atomic E-state index is 13.8. The number of rotatable bonds is 20. The molecular weight excluding hydrogens is 487 g/mol. The normalized spacial score (nSPS) is 11.9. The van der Waals surface area contributed by atoms with Gasteiger partial charge in [0, 0.05) is 23.5 Å². The standard InChI is InChI=1S/C34H47FN2O2/c1-3-5-7-8-9-10-11-12-13-14-24-38-32-20-16-28(17-21-32)30-25-36-34(37-26-30)29-18-22-33(23-19-29)39-27-31(35)15-6-4-2/h16-23,25-26,31H,3-15,24,27H2,1-2H3. The van der Waals surface area contributed by atoms with Gasteiger partial charge in [0.2, 0.25) is 0 Å². The number of unbranched alkanes of at least 4 members (excludes halogenated alkanes) is 10. The van der Waals surface area contributed by atoms with Crippen LogP contribution in [0, 0.1) is 0 Å². The van der Waals surface area contributed by atoms with E-state index in [1.54, 1.807) is 0 Å². The number of benzene rings is 2. The average molecular weight is 535 g/mol. The van der Waals surface area contributed by atoms with Gasteiger partial charge >= 0.3 is 0 Å². The summed E-state index contributed by atoms with van der Waals surface area (Å²) in [4.78, 5) is 9.10. The van der Waals surface area contributed by atoms with Crippen molar-refractivity contribution in [1.82, 2.24) is 9.97 Å². The van der Waals surface area contributed by atoms with Gasteiger partial charge in [-0.05, 0) is 54.8 Å². The van der Waals surface area contributed by atoms with Gasteiger partial charge < -0.3 is 9.47 Å². The lowest BCUT2D eigenvalue weighted by atomic mass is 10.1. The third kappa shape index (κ3) is 11.8. The Labute approximate surface area is 235 Å². The molecule has 39 heavy (non-hydrogen) atoms. The van der Waals surface area contributed by atoms with Crippen LogP contribution in [0.5, 0.6) is 11.5 Å². The van der Waals surface area contributed by atoms with E-state index in [4.69, 9.17) is 9.47 Å². The van der Waals surface area contributed by atoms with Crippen LogP contribution in [-0.2, 0) is 0 Å². The first-order valence-corrected chi connectivity index (χ1v) is 15.1. The summed E-state index contributed by atoms with van der Waals surface area (Å²) in [5, 5.41) is 0. The van der Waals surface area contributed by atoms with Crippen molar-refractivity contribution in [3.63, 3.8) is 0 Å². The van der Waals surface area contributed by atoms with E-state index in [2.05, 4.69) is 35.9 Å². The lowest BCUT2D eigenvalue weighted by Crippen LogP contribution is -2.12. The van der Waals surface area contributed by atoms with Crippen LogP contribution in [-0.4, -0.2) is 29.4 Å². The van der Waals surface area contributed by atoms with E-state index in [1.807, 2.05) is 48.8 Å². The van der Waals surface area contributed by atoms with Gasteiger partial charge in [0.1, 0.15) is 24.3 Å². The van der Waals surface area contributed by atoms with Crippen LogP contribution in [0.25, 0.3) is 22.5 Å². The Morgan fingerprint density at radius 3 is 1.69 bits per heavy atom. The summed E-state index contributed by atoms with van der Waals surface area (Å²) in [5.41, 5.74) is 2.91. The molecular formula is C34H47FN2O2. The molecule has 0 N–H and O–H groups in total. The van der Waals surface area contributed by atoms with Crippen LogP contribution in [0.15, 0.2) is 60.9 Å². The van der Waals surface area contributed by atoms with Crippen molar-refractivity contribution < 1.29 is 13.9 Å². The van der Waals surface area contributed by atoms with Crippen LogP contribution >= 0.6 is 0 Å². The van der Waals surface area contributed by atoms with E-state index in [9.17, 15) is 4.39 Å². The SMILES string of the molecule is CCCCCCCCCCCCOc1ccc(-c2cnc(-c3ccc(OCC(F)CCCC)cc3)nc2)cc1. The molecule has 1 unspecified atom stereocenters. The Balaban J connectivity index is 1.36. The van der Waals surface area contributed by atoms with E-state index < -0.39 is 6.17 Å². The lowest BCUT2D eigenvalue weighted by molar-refractivity contribution is 0.184. The largest absolute Gasteiger partial charge is 0.494 e. The number of aromatic nitrogens is 2. The highest BCUT2D eigenvalue weighted by Gasteiger charge is 2.08. The minimum absolute atomic E-state index is 0.0910. The molecule has 0 spiro atoms. The highest BCUT2D eigenvalue weighted by atomic mass is 19.1. The average Bonchev–Trinajstić information content (AvgIpc) is 2.98. The number of hydrogen-bond donors (Lipinski definition) is 0. The third-order valence-electron chi connectivity index (χ3n) is 7.02. The Kier molecular flexibility index (Phi) is 14.4. The maximum Gasteiger partial charge on any atom is 0.159 e. The Hall–Kier alpha value is -2.95. The molecule has 0 aliphatic heterocycles. The minimum atomic E-state index is -0.925. The summed E-state index contributed by atoms with van der Waals surface area (Å²) in [5.74, 6) is 2.21. The van der Waals surface area contributed by atoms with Gasteiger partial charge in [-0.15, -0.1) is 0 Å². The fraction of sp³-hybridized carbons (Fsp3) is 0.529. The minimum Gasteiger partial charge on any atom is -0.494 e. The molecule has 0 saturated carbocycles. The Morgan fingerprint density at radius 2 is 1.10 bits per heavy atom. The van der Waals surface area contributed by atoms with Crippen LogP contribution in [0.1, 0.15) is 97.3 Å². The smallest absolute Gasteiger partial charge is 0.159 e. The summed E-state index contributed by atoms with van der Waals surface area (Å²) < 4.78 is 25.3. The molecule has 4 nitrogen and oxygen atoms in total. The summed E-state index contributed by atoms with van der Waals surface area (Å²) in [6.07, 6.45) is 18.4. The summed E-state index contributed by atoms with van der Waals surface area (Å²) in [7, 11) is 0. The van der Waals surface area contributed by atoms with Gasteiger partial charge in [-0.3, -0.25) is 0 Å². The first-order chi connectivity index (χ1) is 19.2. The van der Waals surface area contributed by atoms with Crippen molar-refractivity contribution >= 4 is 0 Å². The highest BCUT2D eigenvalue weighted by molar-refractivity contribution is 5.64. The second kappa shape index (κ2) is 18.4. The van der Waals surface area contributed by atoms with Crippen molar-refractivity contribution in [2.24, 2.45) is 0 Å². The molecule has 2 aromatic carbocycles. The number of hydrogen-bond acceptors (Lipinski definition) is 4. The van der Waals surface area contributed by atoms with Gasteiger partial charge in [0.15, 0.2) is 5.82 Å². The Morgan fingerprint density at radius 1 is 0.590 bits per heavy atom. The van der Waals surface area contributed by atoms with Crippen LogP contribution in [0.2, 0.25) is 0 Å². The van der Waals surface area contributed by atoms with Crippen LogP contribution in [0.4, 0.5) is 4.39 Å². The molecule has 3 rings (SSSR count). The lowest BCUT2D eigenvalue weighted by Gasteiger charge is -2.10. The van der Waals surface area contributed by atoms with E-state index in [1.165, 1.54) is 57.8 Å². The van der Waals surface area contributed by atoms with Gasteiger partial charge in [0.25, 0.3) is 0 Å². The summed E-state index contributed by atoms with van der Waals surface area (Å²) in [6, 6.07) is 15.6. The van der Waals surface area contributed by atoms with E-state index in [0.717, 1.165) is 48.3 Å². The third-order valence-corrected chi connectivity index (χ3v) is 7.02. The van der Waals surface area contributed by atoms with Gasteiger partial charge in [-0.2, -0.15) is 0 Å². The van der Waals surface area contributed by atoms with Gasteiger partial charge in [-0.1, -0.05) is 96.6 Å². The van der Waals surface area contributed by atoms with Crippen molar-refractivity contribution in [2.45, 2.75) is 103 Å². The fourth-order valence-electron chi connectivity index (χ4n) is 4.55. The van der Waals surface area contributed by atoms with Gasteiger partial charge in [0.05, 0.1) is 6.61 Å². The van der Waals surface area contributed by atoms with E-state index >= 15 is 0 Å². The monoisotopic (exact) mass is 534 g/mol. The number of alkyl halides is 1. The molecule has 1 aromatic heterocycles. The molecule has 1 atom stereocenters. The molecule has 0 radical (unpaired) electrons. The first kappa shape index (κ1) is 30.6. The molecule has 0 aliphatic rings.